The van der Waals surface area contributed by atoms with Gasteiger partial charge in [-0.05, 0) is 50.4 Å². The van der Waals surface area contributed by atoms with Crippen molar-refractivity contribution in [2.45, 2.75) is 71.5 Å². The molecule has 0 spiro atoms. The first-order chi connectivity index (χ1) is 7.44. The number of hydrogen-bond acceptors (Lipinski definition) is 1. The van der Waals surface area contributed by atoms with E-state index in [-0.39, 0.29) is 5.60 Å². The molecule has 2 aliphatic carbocycles. The first kappa shape index (κ1) is 11.1. The van der Waals surface area contributed by atoms with Gasteiger partial charge in [-0.3, -0.25) is 0 Å². The molecule has 1 aliphatic heterocycles. The Morgan fingerprint density at radius 1 is 1.06 bits per heavy atom. The van der Waals surface area contributed by atoms with Gasteiger partial charge in [-0.15, -0.1) is 0 Å². The Hall–Kier alpha value is -0.0400. The van der Waals surface area contributed by atoms with Crippen LogP contribution < -0.4 is 0 Å². The Kier molecular flexibility index (Phi) is 2.25. The molecule has 3 fully saturated rings. The van der Waals surface area contributed by atoms with Gasteiger partial charge in [0.2, 0.25) is 0 Å². The van der Waals surface area contributed by atoms with Crippen LogP contribution in [-0.4, -0.2) is 11.7 Å². The van der Waals surface area contributed by atoms with Crippen molar-refractivity contribution >= 4 is 0 Å². The van der Waals surface area contributed by atoms with E-state index in [9.17, 15) is 0 Å². The molecule has 3 rings (SSSR count). The first-order valence-corrected chi connectivity index (χ1v) is 7.12. The topological polar surface area (TPSA) is 9.23 Å². The average molecular weight is 222 g/mol. The zero-order valence-corrected chi connectivity index (χ0v) is 11.3. The third kappa shape index (κ3) is 1.33. The van der Waals surface area contributed by atoms with Crippen molar-refractivity contribution in [2.75, 3.05) is 0 Å². The summed E-state index contributed by atoms with van der Waals surface area (Å²) in [6.07, 6.45) is 7.73. The summed E-state index contributed by atoms with van der Waals surface area (Å²) in [7, 11) is 0. The minimum atomic E-state index is 0.170. The second-order valence-corrected chi connectivity index (χ2v) is 7.38. The molecule has 1 nitrogen and oxygen atoms in total. The summed E-state index contributed by atoms with van der Waals surface area (Å²) in [5.41, 5.74) is 0.762. The first-order valence-electron chi connectivity index (χ1n) is 7.12. The molecule has 0 amide bonds. The van der Waals surface area contributed by atoms with Gasteiger partial charge < -0.3 is 4.74 Å². The van der Waals surface area contributed by atoms with E-state index in [0.717, 1.165) is 17.8 Å². The predicted octanol–water partition coefficient (Wildman–Crippen LogP) is 4.02. The van der Waals surface area contributed by atoms with Crippen molar-refractivity contribution in [3.8, 4) is 0 Å². The summed E-state index contributed by atoms with van der Waals surface area (Å²) >= 11 is 0. The Morgan fingerprint density at radius 3 is 2.50 bits per heavy atom. The van der Waals surface area contributed by atoms with Crippen molar-refractivity contribution < 1.29 is 4.74 Å². The SMILES string of the molecule is CC1CCCC2(C)CCC3C(OC3(C)C)C12. The van der Waals surface area contributed by atoms with Gasteiger partial charge in [0.1, 0.15) is 0 Å². The molecular weight excluding hydrogens is 196 g/mol. The Morgan fingerprint density at radius 2 is 1.81 bits per heavy atom. The van der Waals surface area contributed by atoms with Gasteiger partial charge in [0.25, 0.3) is 0 Å². The van der Waals surface area contributed by atoms with Crippen LogP contribution in [0.15, 0.2) is 0 Å². The van der Waals surface area contributed by atoms with Gasteiger partial charge in [0.15, 0.2) is 0 Å². The van der Waals surface area contributed by atoms with Crippen LogP contribution in [0.25, 0.3) is 0 Å². The van der Waals surface area contributed by atoms with E-state index in [4.69, 9.17) is 4.74 Å². The number of fused-ring (bicyclic) bond motifs is 3. The fourth-order valence-corrected chi connectivity index (χ4v) is 5.04. The van der Waals surface area contributed by atoms with Crippen LogP contribution in [0.5, 0.6) is 0 Å². The average Bonchev–Trinajstić information content (AvgIpc) is 2.15. The van der Waals surface area contributed by atoms with Crippen LogP contribution >= 0.6 is 0 Å². The van der Waals surface area contributed by atoms with Gasteiger partial charge in [-0.25, -0.2) is 0 Å². The lowest BCUT2D eigenvalue weighted by atomic mass is 9.50. The second kappa shape index (κ2) is 3.25. The molecule has 1 heterocycles. The molecule has 2 saturated carbocycles. The van der Waals surface area contributed by atoms with Crippen molar-refractivity contribution in [3.05, 3.63) is 0 Å². The van der Waals surface area contributed by atoms with Gasteiger partial charge in [-0.2, -0.15) is 0 Å². The van der Waals surface area contributed by atoms with E-state index in [1.54, 1.807) is 0 Å². The number of hydrogen-bond donors (Lipinski definition) is 0. The molecular formula is C15H26O. The lowest BCUT2D eigenvalue weighted by molar-refractivity contribution is -0.304. The maximum atomic E-state index is 6.24. The van der Waals surface area contributed by atoms with Crippen molar-refractivity contribution in [2.24, 2.45) is 23.2 Å². The lowest BCUT2D eigenvalue weighted by Gasteiger charge is -2.64. The van der Waals surface area contributed by atoms with E-state index < -0.39 is 0 Å². The van der Waals surface area contributed by atoms with Gasteiger partial charge in [0.05, 0.1) is 11.7 Å². The highest BCUT2D eigenvalue weighted by Crippen LogP contribution is 2.61. The molecule has 0 aromatic rings. The molecule has 1 heteroatoms. The van der Waals surface area contributed by atoms with Crippen LogP contribution in [0.1, 0.15) is 59.8 Å². The summed E-state index contributed by atoms with van der Waals surface area (Å²) in [5.74, 6) is 2.56. The van der Waals surface area contributed by atoms with Crippen LogP contribution in [-0.2, 0) is 4.74 Å². The van der Waals surface area contributed by atoms with E-state index in [0.29, 0.717) is 11.5 Å². The predicted molar refractivity (Wildman–Crippen MR) is 66.3 cm³/mol. The van der Waals surface area contributed by atoms with Crippen LogP contribution in [0.4, 0.5) is 0 Å². The summed E-state index contributed by atoms with van der Waals surface area (Å²) in [6, 6.07) is 0. The summed E-state index contributed by atoms with van der Waals surface area (Å²) < 4.78 is 6.24. The smallest absolute Gasteiger partial charge is 0.0683 e. The van der Waals surface area contributed by atoms with Gasteiger partial charge in [-0.1, -0.05) is 26.7 Å². The molecule has 0 radical (unpaired) electrons. The zero-order valence-electron chi connectivity index (χ0n) is 11.3. The Bertz CT molecular complexity index is 296. The number of rotatable bonds is 0. The normalized spacial score (nSPS) is 54.8. The van der Waals surface area contributed by atoms with Gasteiger partial charge >= 0.3 is 0 Å². The third-order valence-corrected chi connectivity index (χ3v) is 5.93. The molecule has 3 aliphatic rings. The van der Waals surface area contributed by atoms with Crippen LogP contribution in [0.2, 0.25) is 0 Å². The third-order valence-electron chi connectivity index (χ3n) is 5.93. The maximum Gasteiger partial charge on any atom is 0.0683 e. The summed E-state index contributed by atoms with van der Waals surface area (Å²) in [6.45, 7) is 9.55. The van der Waals surface area contributed by atoms with E-state index >= 15 is 0 Å². The highest BCUT2D eigenvalue weighted by molar-refractivity contribution is 5.08. The van der Waals surface area contributed by atoms with Crippen molar-refractivity contribution in [3.63, 3.8) is 0 Å². The quantitative estimate of drug-likeness (QED) is 0.601. The van der Waals surface area contributed by atoms with E-state index in [1.165, 1.54) is 32.1 Å². The van der Waals surface area contributed by atoms with Crippen molar-refractivity contribution in [1.29, 1.82) is 0 Å². The molecule has 16 heavy (non-hydrogen) atoms. The maximum absolute atomic E-state index is 6.24. The molecule has 5 unspecified atom stereocenters. The minimum absolute atomic E-state index is 0.170. The standard InChI is InChI=1S/C15H26O/c1-10-6-5-8-15(4)9-7-11-13(12(10)15)16-14(11,2)3/h10-13H,5-9H2,1-4H3. The molecule has 0 aromatic heterocycles. The summed E-state index contributed by atoms with van der Waals surface area (Å²) in [5, 5.41) is 0. The number of ether oxygens (including phenoxy) is 1. The fraction of sp³-hybridized carbons (Fsp3) is 1.00. The van der Waals surface area contributed by atoms with E-state index in [1.807, 2.05) is 0 Å². The highest BCUT2D eigenvalue weighted by Gasteiger charge is 2.60. The molecule has 1 saturated heterocycles. The molecule has 92 valence electrons. The van der Waals surface area contributed by atoms with Crippen LogP contribution in [0, 0.1) is 23.2 Å². The second-order valence-electron chi connectivity index (χ2n) is 7.38. The van der Waals surface area contributed by atoms with Crippen LogP contribution in [0.3, 0.4) is 0 Å². The van der Waals surface area contributed by atoms with Gasteiger partial charge in [0, 0.05) is 5.92 Å². The highest BCUT2D eigenvalue weighted by atomic mass is 16.5. The monoisotopic (exact) mass is 222 g/mol. The minimum Gasteiger partial charge on any atom is -0.371 e. The van der Waals surface area contributed by atoms with Crippen molar-refractivity contribution in [1.82, 2.24) is 0 Å². The molecule has 0 aromatic carbocycles. The van der Waals surface area contributed by atoms with E-state index in [2.05, 4.69) is 27.7 Å². The zero-order chi connectivity index (χ0) is 11.6. The molecule has 5 atom stereocenters. The lowest BCUT2D eigenvalue weighted by Crippen LogP contribution is -2.66. The fourth-order valence-electron chi connectivity index (χ4n) is 5.04. The summed E-state index contributed by atoms with van der Waals surface area (Å²) in [4.78, 5) is 0. The molecule has 0 bridgehead atoms. The largest absolute Gasteiger partial charge is 0.371 e. The Balaban J connectivity index is 1.86. The molecule has 0 N–H and O–H groups in total. The Labute approximate surface area is 99.9 Å².